The van der Waals surface area contributed by atoms with Gasteiger partial charge in [0.1, 0.15) is 30.5 Å². The highest BCUT2D eigenvalue weighted by atomic mass is 32.1. The lowest BCUT2D eigenvalue weighted by Crippen LogP contribution is -2.48. The van der Waals surface area contributed by atoms with Crippen LogP contribution in [-0.2, 0) is 11.2 Å². The molecule has 0 aliphatic carbocycles. The summed E-state index contributed by atoms with van der Waals surface area (Å²) >= 11 is 1.67. The average Bonchev–Trinajstić information content (AvgIpc) is 3.38. The topological polar surface area (TPSA) is 59.1 Å². The van der Waals surface area contributed by atoms with Crippen LogP contribution in [0.5, 0.6) is 11.5 Å². The van der Waals surface area contributed by atoms with Crippen molar-refractivity contribution in [3.8, 4) is 11.5 Å². The van der Waals surface area contributed by atoms with Gasteiger partial charge >= 0.3 is 0 Å². The predicted molar refractivity (Wildman–Crippen MR) is 143 cm³/mol. The standard InChI is InChI=1S/C29H33FN2O4S/c1-20(2)11-14-31(29(34)21-7-9-23(35-3)10-8-21)18-28(33)32-15-12-27-25(13-16-37-27)26(32)19-36-24-6-4-5-22(30)17-24/h4-10,13,16-17,20,26H,11-12,14-15,18-19H2,1-3H3/t26-/m1/s1. The number of rotatable bonds is 10. The van der Waals surface area contributed by atoms with Gasteiger partial charge in [0, 0.05) is 29.6 Å². The molecule has 1 aliphatic heterocycles. The Morgan fingerprint density at radius 2 is 1.92 bits per heavy atom. The summed E-state index contributed by atoms with van der Waals surface area (Å²) in [5.74, 6) is 0.790. The zero-order chi connectivity index (χ0) is 26.4. The number of hydrogen-bond donors (Lipinski definition) is 0. The van der Waals surface area contributed by atoms with Crippen LogP contribution in [0, 0.1) is 11.7 Å². The van der Waals surface area contributed by atoms with Gasteiger partial charge in [-0.1, -0.05) is 19.9 Å². The van der Waals surface area contributed by atoms with Crippen molar-refractivity contribution in [3.63, 3.8) is 0 Å². The summed E-state index contributed by atoms with van der Waals surface area (Å²) < 4.78 is 24.8. The summed E-state index contributed by atoms with van der Waals surface area (Å²) in [6, 6.07) is 14.7. The second kappa shape index (κ2) is 12.2. The second-order valence-electron chi connectivity index (χ2n) is 9.56. The third-order valence-electron chi connectivity index (χ3n) is 6.55. The molecule has 37 heavy (non-hydrogen) atoms. The SMILES string of the molecule is COc1ccc(C(=O)N(CCC(C)C)CC(=O)N2CCc3sccc3[C@H]2COc2cccc(F)c2)cc1. The molecule has 4 rings (SSSR count). The number of hydrogen-bond acceptors (Lipinski definition) is 5. The first-order valence-electron chi connectivity index (χ1n) is 12.5. The molecule has 0 saturated heterocycles. The average molecular weight is 525 g/mol. The van der Waals surface area contributed by atoms with E-state index in [0.717, 1.165) is 18.4 Å². The highest BCUT2D eigenvalue weighted by molar-refractivity contribution is 7.10. The van der Waals surface area contributed by atoms with E-state index in [0.29, 0.717) is 36.1 Å². The molecule has 8 heteroatoms. The van der Waals surface area contributed by atoms with Crippen molar-refractivity contribution in [2.75, 3.05) is 33.4 Å². The molecule has 0 bridgehead atoms. The van der Waals surface area contributed by atoms with E-state index in [-0.39, 0.29) is 36.8 Å². The Morgan fingerprint density at radius 1 is 1.14 bits per heavy atom. The molecule has 0 fully saturated rings. The number of thiophene rings is 1. The fraction of sp³-hybridized carbons (Fsp3) is 0.379. The van der Waals surface area contributed by atoms with Gasteiger partial charge < -0.3 is 19.3 Å². The Bertz CT molecular complexity index is 1210. The molecule has 6 nitrogen and oxygen atoms in total. The van der Waals surface area contributed by atoms with Crippen LogP contribution in [0.1, 0.15) is 47.1 Å². The van der Waals surface area contributed by atoms with E-state index in [1.165, 1.54) is 17.0 Å². The van der Waals surface area contributed by atoms with Crippen LogP contribution in [0.15, 0.2) is 60.0 Å². The lowest BCUT2D eigenvalue weighted by Gasteiger charge is -2.37. The van der Waals surface area contributed by atoms with Crippen molar-refractivity contribution in [3.05, 3.63) is 81.8 Å². The maximum absolute atomic E-state index is 13.7. The molecule has 2 heterocycles. The van der Waals surface area contributed by atoms with Crippen LogP contribution < -0.4 is 9.47 Å². The van der Waals surface area contributed by atoms with E-state index in [9.17, 15) is 14.0 Å². The monoisotopic (exact) mass is 524 g/mol. The Balaban J connectivity index is 1.52. The van der Waals surface area contributed by atoms with E-state index >= 15 is 0 Å². The van der Waals surface area contributed by atoms with Gasteiger partial charge in [-0.2, -0.15) is 0 Å². The normalized spacial score (nSPS) is 14.8. The molecule has 0 spiro atoms. The largest absolute Gasteiger partial charge is 0.497 e. The molecule has 2 aromatic carbocycles. The fourth-order valence-corrected chi connectivity index (χ4v) is 5.37. The van der Waals surface area contributed by atoms with Gasteiger partial charge in [0.25, 0.3) is 5.91 Å². The maximum Gasteiger partial charge on any atom is 0.254 e. The minimum Gasteiger partial charge on any atom is -0.497 e. The molecule has 1 atom stereocenters. The summed E-state index contributed by atoms with van der Waals surface area (Å²) in [5.41, 5.74) is 1.57. The molecule has 3 aromatic rings. The molecular weight excluding hydrogens is 491 g/mol. The summed E-state index contributed by atoms with van der Waals surface area (Å²) in [6.45, 7) is 5.40. The van der Waals surface area contributed by atoms with Crippen molar-refractivity contribution in [1.29, 1.82) is 0 Å². The number of halogens is 1. The van der Waals surface area contributed by atoms with Crippen molar-refractivity contribution in [2.45, 2.75) is 32.7 Å². The lowest BCUT2D eigenvalue weighted by molar-refractivity contribution is -0.135. The third-order valence-corrected chi connectivity index (χ3v) is 7.54. The summed E-state index contributed by atoms with van der Waals surface area (Å²) in [7, 11) is 1.58. The number of carbonyl (C=O) groups is 2. The van der Waals surface area contributed by atoms with Crippen LogP contribution >= 0.6 is 11.3 Å². The predicted octanol–water partition coefficient (Wildman–Crippen LogP) is 5.59. The zero-order valence-electron chi connectivity index (χ0n) is 21.5. The molecule has 1 aromatic heterocycles. The Kier molecular flexibility index (Phi) is 8.82. The number of amides is 2. The first-order chi connectivity index (χ1) is 17.9. The number of methoxy groups -OCH3 is 1. The molecule has 2 amide bonds. The number of fused-ring (bicyclic) bond motifs is 1. The highest BCUT2D eigenvalue weighted by Crippen LogP contribution is 2.34. The summed E-state index contributed by atoms with van der Waals surface area (Å²) in [5, 5.41) is 2.02. The third kappa shape index (κ3) is 6.68. The van der Waals surface area contributed by atoms with Crippen molar-refractivity contribution >= 4 is 23.2 Å². The van der Waals surface area contributed by atoms with Gasteiger partial charge in [-0.15, -0.1) is 11.3 Å². The van der Waals surface area contributed by atoms with Gasteiger partial charge in [0.2, 0.25) is 5.91 Å². The molecule has 0 unspecified atom stereocenters. The smallest absolute Gasteiger partial charge is 0.254 e. The minimum atomic E-state index is -0.372. The number of nitrogens with zero attached hydrogens (tertiary/aromatic N) is 2. The van der Waals surface area contributed by atoms with Crippen molar-refractivity contribution in [2.24, 2.45) is 5.92 Å². The fourth-order valence-electron chi connectivity index (χ4n) is 4.44. The number of ether oxygens (including phenoxy) is 2. The molecular formula is C29H33FN2O4S. The first kappa shape index (κ1) is 26.7. The molecule has 196 valence electrons. The van der Waals surface area contributed by atoms with Crippen LogP contribution in [-0.4, -0.2) is 55.0 Å². The zero-order valence-corrected chi connectivity index (χ0v) is 22.3. The first-order valence-corrected chi connectivity index (χ1v) is 13.4. The van der Waals surface area contributed by atoms with Crippen LogP contribution in [0.3, 0.4) is 0 Å². The van der Waals surface area contributed by atoms with E-state index in [4.69, 9.17) is 9.47 Å². The quantitative estimate of drug-likeness (QED) is 0.347. The second-order valence-corrected chi connectivity index (χ2v) is 10.6. The number of benzene rings is 2. The Labute approximate surface area is 221 Å². The van der Waals surface area contributed by atoms with Crippen molar-refractivity contribution < 1.29 is 23.5 Å². The Hall–Kier alpha value is -3.39. The molecule has 0 radical (unpaired) electrons. The highest BCUT2D eigenvalue weighted by Gasteiger charge is 2.33. The molecule has 0 saturated carbocycles. The maximum atomic E-state index is 13.7. The van der Waals surface area contributed by atoms with E-state index in [1.54, 1.807) is 64.6 Å². The van der Waals surface area contributed by atoms with Gasteiger partial charge in [0.15, 0.2) is 0 Å². The van der Waals surface area contributed by atoms with Crippen LogP contribution in [0.25, 0.3) is 0 Å². The number of carbonyl (C=O) groups excluding carboxylic acids is 2. The lowest BCUT2D eigenvalue weighted by atomic mass is 10.00. The van der Waals surface area contributed by atoms with E-state index in [1.807, 2.05) is 11.4 Å². The van der Waals surface area contributed by atoms with E-state index < -0.39 is 0 Å². The van der Waals surface area contributed by atoms with Crippen molar-refractivity contribution in [1.82, 2.24) is 9.80 Å². The van der Waals surface area contributed by atoms with Crippen LogP contribution in [0.2, 0.25) is 0 Å². The molecule has 0 N–H and O–H groups in total. The van der Waals surface area contributed by atoms with Gasteiger partial charge in [-0.3, -0.25) is 9.59 Å². The van der Waals surface area contributed by atoms with Gasteiger partial charge in [-0.25, -0.2) is 4.39 Å². The van der Waals surface area contributed by atoms with Crippen LogP contribution in [0.4, 0.5) is 4.39 Å². The van der Waals surface area contributed by atoms with E-state index in [2.05, 4.69) is 13.8 Å². The molecule has 1 aliphatic rings. The summed E-state index contributed by atoms with van der Waals surface area (Å²) in [4.78, 5) is 31.8. The van der Waals surface area contributed by atoms with Gasteiger partial charge in [0.05, 0.1) is 13.2 Å². The Morgan fingerprint density at radius 3 is 2.62 bits per heavy atom. The van der Waals surface area contributed by atoms with Gasteiger partial charge in [-0.05, 0) is 72.2 Å². The minimum absolute atomic E-state index is 0.0203. The summed E-state index contributed by atoms with van der Waals surface area (Å²) in [6.07, 6.45) is 1.55.